The summed E-state index contributed by atoms with van der Waals surface area (Å²) in [6, 6.07) is 10.6. The molecule has 3 nitrogen and oxygen atoms in total. The molecule has 3 aliphatic rings. The average Bonchev–Trinajstić information content (AvgIpc) is 2.74. The molecule has 0 radical (unpaired) electrons. The number of hydrogen-bond donors (Lipinski definition) is 1. The maximum Gasteiger partial charge on any atom is 0.269 e. The minimum Gasteiger partial charge on any atom is -0.351 e. The van der Waals surface area contributed by atoms with Crippen molar-refractivity contribution in [3.63, 3.8) is 0 Å². The molecular weight excluding hydrogens is 380 g/mol. The van der Waals surface area contributed by atoms with Gasteiger partial charge in [-0.3, -0.25) is 4.79 Å². The zero-order valence-electron chi connectivity index (χ0n) is 19.4. The molecule has 3 heteroatoms. The molecule has 1 aromatic heterocycles. The third-order valence-electron chi connectivity index (χ3n) is 7.67. The lowest BCUT2D eigenvalue weighted by atomic mass is 9.71. The van der Waals surface area contributed by atoms with Crippen LogP contribution in [-0.2, 0) is 0 Å². The largest absolute Gasteiger partial charge is 0.351 e. The highest BCUT2D eigenvalue weighted by Crippen LogP contribution is 2.44. The fourth-order valence-corrected chi connectivity index (χ4v) is 5.98. The third kappa shape index (κ3) is 5.87. The number of carbonyl (C=O) groups excluding carboxylic acids is 1. The van der Waals surface area contributed by atoms with Crippen LogP contribution in [0.5, 0.6) is 0 Å². The summed E-state index contributed by atoms with van der Waals surface area (Å²) in [5, 5.41) is 4.38. The Morgan fingerprint density at radius 1 is 0.968 bits per heavy atom. The first-order valence-electron chi connectivity index (χ1n) is 12.9. The van der Waals surface area contributed by atoms with Gasteiger partial charge in [-0.05, 0) is 54.7 Å². The molecule has 0 unspecified atom stereocenters. The van der Waals surface area contributed by atoms with E-state index in [2.05, 4.69) is 36.5 Å². The van der Waals surface area contributed by atoms with E-state index in [9.17, 15) is 4.79 Å². The van der Waals surface area contributed by atoms with Crippen molar-refractivity contribution in [1.82, 2.24) is 10.3 Å². The normalized spacial score (nSPS) is 23.8. The highest BCUT2D eigenvalue weighted by Gasteiger charge is 2.29. The molecule has 1 N–H and O–H groups in total. The van der Waals surface area contributed by atoms with Crippen LogP contribution < -0.4 is 5.32 Å². The lowest BCUT2D eigenvalue weighted by Gasteiger charge is -2.35. The summed E-state index contributed by atoms with van der Waals surface area (Å²) in [5.41, 5.74) is 2.95. The van der Waals surface area contributed by atoms with Gasteiger partial charge in [-0.1, -0.05) is 89.3 Å². The zero-order valence-corrected chi connectivity index (χ0v) is 19.4. The van der Waals surface area contributed by atoms with Gasteiger partial charge in [0.1, 0.15) is 5.69 Å². The van der Waals surface area contributed by atoms with Gasteiger partial charge in [-0.25, -0.2) is 4.98 Å². The van der Waals surface area contributed by atoms with E-state index in [1.807, 2.05) is 6.07 Å². The van der Waals surface area contributed by atoms with Crippen LogP contribution in [0.15, 0.2) is 30.3 Å². The molecular formula is C28H40N2O. The summed E-state index contributed by atoms with van der Waals surface area (Å²) in [6.45, 7) is 2.98. The Kier molecular flexibility index (Phi) is 7.99. The smallest absolute Gasteiger partial charge is 0.269 e. The van der Waals surface area contributed by atoms with Crippen LogP contribution in [0.25, 0.3) is 10.9 Å². The number of para-hydroxylation sites is 1. The van der Waals surface area contributed by atoms with E-state index in [1.54, 1.807) is 0 Å². The van der Waals surface area contributed by atoms with E-state index in [0.717, 1.165) is 30.3 Å². The second kappa shape index (κ2) is 11.1. The van der Waals surface area contributed by atoms with E-state index < -0.39 is 0 Å². The van der Waals surface area contributed by atoms with E-state index in [0.29, 0.717) is 11.6 Å². The van der Waals surface area contributed by atoms with Gasteiger partial charge in [0.15, 0.2) is 0 Å². The van der Waals surface area contributed by atoms with Crippen molar-refractivity contribution in [1.29, 1.82) is 0 Å². The van der Waals surface area contributed by atoms with Crippen molar-refractivity contribution in [3.05, 3.63) is 41.6 Å². The molecule has 1 amide bonds. The van der Waals surface area contributed by atoms with Crippen LogP contribution in [0.3, 0.4) is 0 Å². The summed E-state index contributed by atoms with van der Waals surface area (Å²) in [6.07, 6.45) is 17.0. The van der Waals surface area contributed by atoms with Crippen LogP contribution in [0.1, 0.15) is 112 Å². The fourth-order valence-electron chi connectivity index (χ4n) is 5.98. The minimum atomic E-state index is -0.00599. The predicted octanol–water partition coefficient (Wildman–Crippen LogP) is 7.40. The number of hydrogen-bond acceptors (Lipinski definition) is 2. The Balaban J connectivity index is 1.54. The zero-order chi connectivity index (χ0) is 21.5. The van der Waals surface area contributed by atoms with Gasteiger partial charge in [0.05, 0.1) is 5.52 Å². The number of fused-ring (bicyclic) bond motifs is 7. The Morgan fingerprint density at radius 2 is 1.65 bits per heavy atom. The Labute approximate surface area is 188 Å². The van der Waals surface area contributed by atoms with Gasteiger partial charge in [0.2, 0.25) is 0 Å². The average molecular weight is 421 g/mol. The van der Waals surface area contributed by atoms with Gasteiger partial charge in [-0.2, -0.15) is 0 Å². The molecule has 1 aromatic carbocycles. The number of carbonyl (C=O) groups is 1. The molecule has 1 heterocycles. The predicted molar refractivity (Wildman–Crippen MR) is 129 cm³/mol. The van der Waals surface area contributed by atoms with Crippen LogP contribution >= 0.6 is 0 Å². The first kappa shape index (κ1) is 22.3. The second-order valence-corrected chi connectivity index (χ2v) is 10.0. The summed E-state index contributed by atoms with van der Waals surface area (Å²) in [7, 11) is 0. The highest BCUT2D eigenvalue weighted by atomic mass is 16.1. The van der Waals surface area contributed by atoms with Crippen molar-refractivity contribution >= 4 is 16.8 Å². The van der Waals surface area contributed by atoms with Gasteiger partial charge < -0.3 is 5.32 Å². The lowest BCUT2D eigenvalue weighted by molar-refractivity contribution is 0.0948. The second-order valence-electron chi connectivity index (χ2n) is 10.0. The Hall–Kier alpha value is -1.90. The summed E-state index contributed by atoms with van der Waals surface area (Å²) in [5.74, 6) is 2.25. The maximum absolute atomic E-state index is 13.0. The Morgan fingerprint density at radius 3 is 2.35 bits per heavy atom. The van der Waals surface area contributed by atoms with E-state index in [-0.39, 0.29) is 5.91 Å². The maximum atomic E-state index is 13.0. The molecule has 3 saturated carbocycles. The summed E-state index contributed by atoms with van der Waals surface area (Å²) in [4.78, 5) is 17.7. The van der Waals surface area contributed by atoms with Crippen molar-refractivity contribution < 1.29 is 4.79 Å². The molecule has 0 aliphatic heterocycles. The minimum absolute atomic E-state index is 0.00599. The van der Waals surface area contributed by atoms with E-state index in [1.165, 1.54) is 88.0 Å². The number of unbranched alkanes of at least 4 members (excludes halogenated alkanes) is 4. The quantitative estimate of drug-likeness (QED) is 0.452. The van der Waals surface area contributed by atoms with Gasteiger partial charge in [0, 0.05) is 11.9 Å². The van der Waals surface area contributed by atoms with Crippen LogP contribution in [0.4, 0.5) is 0 Å². The van der Waals surface area contributed by atoms with E-state index >= 15 is 0 Å². The van der Waals surface area contributed by atoms with Crippen LogP contribution in [0, 0.1) is 11.8 Å². The van der Waals surface area contributed by atoms with Crippen molar-refractivity contribution in [3.8, 4) is 0 Å². The first-order chi connectivity index (χ1) is 15.2. The number of pyridine rings is 1. The third-order valence-corrected chi connectivity index (χ3v) is 7.67. The number of benzene rings is 1. The molecule has 0 spiro atoms. The van der Waals surface area contributed by atoms with Crippen molar-refractivity contribution in [2.75, 3.05) is 6.54 Å². The molecule has 0 saturated heterocycles. The monoisotopic (exact) mass is 420 g/mol. The molecule has 3 aliphatic carbocycles. The molecule has 168 valence electrons. The van der Waals surface area contributed by atoms with Gasteiger partial charge in [0.25, 0.3) is 5.91 Å². The van der Waals surface area contributed by atoms with Crippen molar-refractivity contribution in [2.24, 2.45) is 11.8 Å². The molecule has 0 atom stereocenters. The molecule has 3 fully saturated rings. The molecule has 31 heavy (non-hydrogen) atoms. The van der Waals surface area contributed by atoms with E-state index in [4.69, 9.17) is 4.98 Å². The number of rotatable bonds is 8. The van der Waals surface area contributed by atoms with Gasteiger partial charge >= 0.3 is 0 Å². The molecule has 5 rings (SSSR count). The SMILES string of the molecule is CCCCCCCNC(=O)c1cc(C2CC3CCCC(CCC3)C2)c2ccccc2n1. The van der Waals surface area contributed by atoms with Crippen LogP contribution in [-0.4, -0.2) is 17.4 Å². The standard InChI is InChI=1S/C28H40N2O/c1-2-3-4-5-8-17-29-28(31)27-20-25(24-15-6-7-16-26(24)30-27)23-18-21-11-9-12-22(19-23)14-10-13-21/h6-7,15-16,20-23H,2-5,8-14,17-19H2,1H3,(H,29,31). The molecule has 2 bridgehead atoms. The lowest BCUT2D eigenvalue weighted by Crippen LogP contribution is -2.26. The number of aromatic nitrogens is 1. The summed E-state index contributed by atoms with van der Waals surface area (Å²) < 4.78 is 0. The number of nitrogens with one attached hydrogen (secondary N) is 1. The fraction of sp³-hybridized carbons (Fsp3) is 0.643. The topological polar surface area (TPSA) is 42.0 Å². The Bertz CT molecular complexity index is 837. The summed E-state index contributed by atoms with van der Waals surface area (Å²) >= 11 is 0. The highest BCUT2D eigenvalue weighted by molar-refractivity contribution is 5.96. The number of nitrogens with zero attached hydrogens (tertiary/aromatic N) is 1. The molecule has 2 aromatic rings. The number of amides is 1. The van der Waals surface area contributed by atoms with Crippen molar-refractivity contribution in [2.45, 2.75) is 96.3 Å². The van der Waals surface area contributed by atoms with Crippen LogP contribution in [0.2, 0.25) is 0 Å². The first-order valence-corrected chi connectivity index (χ1v) is 12.9. The van der Waals surface area contributed by atoms with Gasteiger partial charge in [-0.15, -0.1) is 0 Å².